The minimum absolute atomic E-state index is 0. The fraction of sp³-hybridized carbons (Fsp3) is 0.235. The van der Waals surface area contributed by atoms with Gasteiger partial charge in [0.25, 0.3) is 0 Å². The van der Waals surface area contributed by atoms with Gasteiger partial charge in [-0.2, -0.15) is 11.8 Å². The summed E-state index contributed by atoms with van der Waals surface area (Å²) in [6, 6.07) is 12.2. The lowest BCUT2D eigenvalue weighted by Gasteiger charge is -2.09. The van der Waals surface area contributed by atoms with E-state index in [1.165, 1.54) is 6.07 Å². The van der Waals surface area contributed by atoms with E-state index in [1.54, 1.807) is 31.0 Å². The first-order valence-corrected chi connectivity index (χ1v) is 8.49. The van der Waals surface area contributed by atoms with E-state index in [0.29, 0.717) is 12.5 Å². The third-order valence-corrected chi connectivity index (χ3v) is 3.83. The van der Waals surface area contributed by atoms with E-state index in [2.05, 4.69) is 10.3 Å². The number of methoxy groups -OCH3 is 1. The standard InChI is InChI=1S/C17H20FN3OS.HI/c1-22-16-5-3-4-15(9-16)21-17(19)20-10-12-6-7-14(18)8-13(12)11-23-2;/h3-9H,10-11H2,1-2H3,(H3,19,20,21);1H. The van der Waals surface area contributed by atoms with Crippen LogP contribution in [0.1, 0.15) is 11.1 Å². The molecule has 0 amide bonds. The summed E-state index contributed by atoms with van der Waals surface area (Å²) in [4.78, 5) is 4.33. The second-order valence-corrected chi connectivity index (χ2v) is 5.77. The van der Waals surface area contributed by atoms with Gasteiger partial charge in [-0.05, 0) is 41.6 Å². The maximum atomic E-state index is 13.3. The minimum Gasteiger partial charge on any atom is -0.497 e. The molecular weight excluding hydrogens is 440 g/mol. The molecule has 0 saturated carbocycles. The average Bonchev–Trinajstić information content (AvgIpc) is 2.54. The van der Waals surface area contributed by atoms with Crippen LogP contribution in [0.5, 0.6) is 5.75 Å². The average molecular weight is 461 g/mol. The second-order valence-electron chi connectivity index (χ2n) is 4.90. The van der Waals surface area contributed by atoms with Gasteiger partial charge in [0.15, 0.2) is 5.96 Å². The van der Waals surface area contributed by atoms with Crippen LogP contribution in [-0.4, -0.2) is 19.3 Å². The zero-order valence-electron chi connectivity index (χ0n) is 13.6. The molecule has 0 fully saturated rings. The molecule has 0 aliphatic rings. The smallest absolute Gasteiger partial charge is 0.193 e. The van der Waals surface area contributed by atoms with Gasteiger partial charge in [-0.3, -0.25) is 0 Å². The Morgan fingerprint density at radius 1 is 1.25 bits per heavy atom. The fourth-order valence-electron chi connectivity index (χ4n) is 2.10. The lowest BCUT2D eigenvalue weighted by molar-refractivity contribution is 0.415. The molecule has 0 bridgehead atoms. The molecule has 2 rings (SSSR count). The van der Waals surface area contributed by atoms with Crippen molar-refractivity contribution in [3.63, 3.8) is 0 Å². The Hall–Kier alpha value is -1.48. The number of aliphatic imine (C=N–C) groups is 1. The van der Waals surface area contributed by atoms with Crippen molar-refractivity contribution in [2.45, 2.75) is 12.3 Å². The van der Waals surface area contributed by atoms with Gasteiger partial charge >= 0.3 is 0 Å². The summed E-state index contributed by atoms with van der Waals surface area (Å²) in [7, 11) is 1.61. The minimum atomic E-state index is -0.232. The summed E-state index contributed by atoms with van der Waals surface area (Å²) in [5.41, 5.74) is 8.63. The number of guanidine groups is 1. The topological polar surface area (TPSA) is 59.6 Å². The van der Waals surface area contributed by atoms with E-state index in [-0.39, 0.29) is 29.8 Å². The van der Waals surface area contributed by atoms with E-state index in [0.717, 1.165) is 28.3 Å². The molecule has 24 heavy (non-hydrogen) atoms. The number of nitrogens with zero attached hydrogens (tertiary/aromatic N) is 1. The van der Waals surface area contributed by atoms with Crippen LogP contribution in [0.4, 0.5) is 10.1 Å². The van der Waals surface area contributed by atoms with Crippen LogP contribution >= 0.6 is 35.7 Å². The van der Waals surface area contributed by atoms with Crippen molar-refractivity contribution < 1.29 is 9.13 Å². The maximum absolute atomic E-state index is 13.3. The molecule has 0 heterocycles. The van der Waals surface area contributed by atoms with Crippen LogP contribution in [0.15, 0.2) is 47.5 Å². The molecule has 0 atom stereocenters. The van der Waals surface area contributed by atoms with Gasteiger partial charge in [-0.25, -0.2) is 9.38 Å². The van der Waals surface area contributed by atoms with Crippen molar-refractivity contribution in [3.05, 3.63) is 59.4 Å². The molecule has 7 heteroatoms. The summed E-state index contributed by atoms with van der Waals surface area (Å²) in [5, 5.41) is 3.02. The number of ether oxygens (including phenoxy) is 1. The molecule has 0 aliphatic heterocycles. The summed E-state index contributed by atoms with van der Waals surface area (Å²) in [6.45, 7) is 0.402. The van der Waals surface area contributed by atoms with Crippen molar-refractivity contribution in [2.24, 2.45) is 10.7 Å². The van der Waals surface area contributed by atoms with Gasteiger partial charge in [0, 0.05) is 17.5 Å². The largest absolute Gasteiger partial charge is 0.497 e. The molecule has 0 radical (unpaired) electrons. The van der Waals surface area contributed by atoms with Gasteiger partial charge in [-0.1, -0.05) is 12.1 Å². The highest BCUT2D eigenvalue weighted by Crippen LogP contribution is 2.18. The van der Waals surface area contributed by atoms with E-state index in [4.69, 9.17) is 10.5 Å². The van der Waals surface area contributed by atoms with E-state index in [1.807, 2.05) is 30.5 Å². The third-order valence-electron chi connectivity index (χ3n) is 3.23. The first-order valence-electron chi connectivity index (χ1n) is 7.09. The monoisotopic (exact) mass is 461 g/mol. The molecule has 0 unspecified atom stereocenters. The predicted molar refractivity (Wildman–Crippen MR) is 111 cm³/mol. The Morgan fingerprint density at radius 3 is 2.75 bits per heavy atom. The molecule has 3 N–H and O–H groups in total. The number of benzene rings is 2. The summed E-state index contributed by atoms with van der Waals surface area (Å²) in [5.74, 6) is 1.55. The Kier molecular flexibility index (Phi) is 8.91. The van der Waals surface area contributed by atoms with Crippen LogP contribution in [0.25, 0.3) is 0 Å². The third kappa shape index (κ3) is 6.20. The van der Waals surface area contributed by atoms with Crippen molar-refractivity contribution >= 4 is 47.4 Å². The van der Waals surface area contributed by atoms with Gasteiger partial charge in [0.2, 0.25) is 0 Å². The Balaban J connectivity index is 0.00000288. The highest BCUT2D eigenvalue weighted by molar-refractivity contribution is 14.0. The van der Waals surface area contributed by atoms with E-state index < -0.39 is 0 Å². The highest BCUT2D eigenvalue weighted by Gasteiger charge is 2.04. The summed E-state index contributed by atoms with van der Waals surface area (Å²) in [6.07, 6.45) is 1.98. The number of thioether (sulfide) groups is 1. The lowest BCUT2D eigenvalue weighted by atomic mass is 10.1. The number of rotatable bonds is 6. The molecule has 4 nitrogen and oxygen atoms in total. The first kappa shape index (κ1) is 20.6. The number of anilines is 1. The number of halogens is 2. The number of nitrogens with one attached hydrogen (secondary N) is 1. The number of nitrogens with two attached hydrogens (primary N) is 1. The zero-order valence-corrected chi connectivity index (χ0v) is 16.7. The maximum Gasteiger partial charge on any atom is 0.193 e. The lowest BCUT2D eigenvalue weighted by Crippen LogP contribution is -2.22. The van der Waals surface area contributed by atoms with Crippen molar-refractivity contribution in [1.82, 2.24) is 0 Å². The second kappa shape index (κ2) is 10.4. The number of hydrogen-bond donors (Lipinski definition) is 2. The molecule has 0 saturated heterocycles. The molecule has 0 aliphatic carbocycles. The Bertz CT molecular complexity index is 697. The van der Waals surface area contributed by atoms with Gasteiger partial charge in [0.05, 0.1) is 13.7 Å². The predicted octanol–water partition coefficient (Wildman–Crippen LogP) is 4.24. The summed E-state index contributed by atoms with van der Waals surface area (Å²) < 4.78 is 18.5. The molecule has 0 spiro atoms. The van der Waals surface area contributed by atoms with E-state index >= 15 is 0 Å². The molecular formula is C17H21FIN3OS. The Morgan fingerprint density at radius 2 is 2.04 bits per heavy atom. The van der Waals surface area contributed by atoms with Crippen LogP contribution in [-0.2, 0) is 12.3 Å². The highest BCUT2D eigenvalue weighted by atomic mass is 127. The molecule has 2 aromatic rings. The van der Waals surface area contributed by atoms with E-state index in [9.17, 15) is 4.39 Å². The van der Waals surface area contributed by atoms with Crippen LogP contribution in [0.2, 0.25) is 0 Å². The zero-order chi connectivity index (χ0) is 16.7. The first-order chi connectivity index (χ1) is 11.1. The van der Waals surface area contributed by atoms with Gasteiger partial charge in [0.1, 0.15) is 11.6 Å². The summed E-state index contributed by atoms with van der Waals surface area (Å²) >= 11 is 1.64. The van der Waals surface area contributed by atoms with Crippen LogP contribution < -0.4 is 15.8 Å². The normalized spacial score (nSPS) is 10.9. The molecule has 2 aromatic carbocycles. The number of hydrogen-bond acceptors (Lipinski definition) is 3. The SMILES string of the molecule is COc1cccc(NC(N)=NCc2ccc(F)cc2CSC)c1.I. The van der Waals surface area contributed by atoms with Crippen LogP contribution in [0.3, 0.4) is 0 Å². The van der Waals surface area contributed by atoms with Crippen molar-refractivity contribution in [3.8, 4) is 5.75 Å². The van der Waals surface area contributed by atoms with Gasteiger partial charge in [-0.15, -0.1) is 24.0 Å². The van der Waals surface area contributed by atoms with Crippen LogP contribution in [0, 0.1) is 5.82 Å². The quantitative estimate of drug-likeness (QED) is 0.384. The molecule has 130 valence electrons. The van der Waals surface area contributed by atoms with Crippen molar-refractivity contribution in [1.29, 1.82) is 0 Å². The fourth-order valence-corrected chi connectivity index (χ4v) is 2.68. The molecule has 0 aromatic heterocycles. The van der Waals surface area contributed by atoms with Crippen molar-refractivity contribution in [2.75, 3.05) is 18.7 Å². The Labute approximate surface area is 163 Å². The van der Waals surface area contributed by atoms with Gasteiger partial charge < -0.3 is 15.8 Å².